The van der Waals surface area contributed by atoms with Gasteiger partial charge in [-0.25, -0.2) is 0 Å². The highest BCUT2D eigenvalue weighted by molar-refractivity contribution is 5.81. The zero-order valence-corrected chi connectivity index (χ0v) is 23.6. The van der Waals surface area contributed by atoms with E-state index in [-0.39, 0.29) is 23.9 Å². The molecule has 2 aliphatic rings. The Labute approximate surface area is 240 Å². The number of alkyl halides is 3. The normalized spacial score (nSPS) is 17.5. The number of benzene rings is 3. The molecule has 1 aliphatic carbocycles. The number of hydrogen-bond acceptors (Lipinski definition) is 7. The summed E-state index contributed by atoms with van der Waals surface area (Å²) in [5.74, 6) is 1.58. The van der Waals surface area contributed by atoms with E-state index >= 15 is 0 Å². The molecule has 1 aliphatic heterocycles. The highest BCUT2D eigenvalue weighted by Gasteiger charge is 2.39. The lowest BCUT2D eigenvalue weighted by molar-refractivity contribution is -0.141. The van der Waals surface area contributed by atoms with Crippen molar-refractivity contribution in [3.63, 3.8) is 0 Å². The van der Waals surface area contributed by atoms with E-state index in [0.717, 1.165) is 17.2 Å². The Morgan fingerprint density at radius 3 is 2.43 bits per heavy atom. The van der Waals surface area contributed by atoms with Crippen LogP contribution < -0.4 is 9.47 Å². The van der Waals surface area contributed by atoms with Gasteiger partial charge in [0.05, 0.1) is 25.7 Å². The van der Waals surface area contributed by atoms with Crippen LogP contribution in [0.25, 0.3) is 22.5 Å². The molecule has 0 fully saturated rings. The first-order valence-electron chi connectivity index (χ1n) is 13.7. The summed E-state index contributed by atoms with van der Waals surface area (Å²) in [6.45, 7) is 5.66. The van der Waals surface area contributed by atoms with E-state index in [1.165, 1.54) is 13.2 Å². The van der Waals surface area contributed by atoms with Crippen LogP contribution >= 0.6 is 0 Å². The summed E-state index contributed by atoms with van der Waals surface area (Å²) in [5, 5.41) is 3.97. The van der Waals surface area contributed by atoms with E-state index in [1.54, 1.807) is 39.0 Å². The van der Waals surface area contributed by atoms with Crippen molar-refractivity contribution in [3.8, 4) is 34.0 Å². The molecule has 42 heavy (non-hydrogen) atoms. The van der Waals surface area contributed by atoms with E-state index in [0.29, 0.717) is 70.5 Å². The molecule has 3 aromatic carbocycles. The van der Waals surface area contributed by atoms with Gasteiger partial charge in [-0.2, -0.15) is 18.2 Å². The van der Waals surface area contributed by atoms with Gasteiger partial charge in [-0.1, -0.05) is 17.3 Å². The van der Waals surface area contributed by atoms with Crippen molar-refractivity contribution in [2.75, 3.05) is 13.7 Å². The standard InChI is InChI=1S/C32H29F3N2O5/c1-16-11-19(31-36-18(3)42-37-31)12-17(2)29(16)30-24-8-10-26(23(24)7-9-25(30)32(33,34)35)41-21-5-6-22-20(13-28(38)39-4)15-40-27(22)14-21/h5-7,9,11-12,14,20,26H,8,10,13,15H2,1-4H3/t20?,26-/m1/s1. The fourth-order valence-corrected chi connectivity index (χ4v) is 6.16. The monoisotopic (exact) mass is 578 g/mol. The van der Waals surface area contributed by atoms with E-state index in [9.17, 15) is 18.0 Å². The van der Waals surface area contributed by atoms with Crippen molar-refractivity contribution in [3.05, 3.63) is 81.7 Å². The Morgan fingerprint density at radius 2 is 1.76 bits per heavy atom. The summed E-state index contributed by atoms with van der Waals surface area (Å²) in [6.07, 6.45) is -3.77. The summed E-state index contributed by atoms with van der Waals surface area (Å²) >= 11 is 0. The van der Waals surface area contributed by atoms with Crippen LogP contribution in [0.15, 0.2) is 47.0 Å². The van der Waals surface area contributed by atoms with Crippen LogP contribution in [0.1, 0.15) is 64.1 Å². The number of rotatable bonds is 6. The molecule has 1 unspecified atom stereocenters. The molecule has 10 heteroatoms. The molecular weight excluding hydrogens is 549 g/mol. The third kappa shape index (κ3) is 4.99. The van der Waals surface area contributed by atoms with Crippen molar-refractivity contribution in [2.45, 2.75) is 58.2 Å². The third-order valence-electron chi connectivity index (χ3n) is 8.01. The van der Waals surface area contributed by atoms with Gasteiger partial charge in [-0.3, -0.25) is 4.79 Å². The van der Waals surface area contributed by atoms with Crippen molar-refractivity contribution in [1.29, 1.82) is 0 Å². The van der Waals surface area contributed by atoms with Gasteiger partial charge in [0, 0.05) is 30.0 Å². The van der Waals surface area contributed by atoms with Crippen LogP contribution in [0.2, 0.25) is 0 Å². The maximum atomic E-state index is 14.4. The first kappa shape index (κ1) is 27.8. The van der Waals surface area contributed by atoms with Gasteiger partial charge in [0.1, 0.15) is 17.6 Å². The summed E-state index contributed by atoms with van der Waals surface area (Å²) in [7, 11) is 1.35. The number of methoxy groups -OCH3 is 1. The number of carbonyl (C=O) groups excluding carboxylic acids is 1. The average Bonchev–Trinajstić information content (AvgIpc) is 3.66. The Morgan fingerprint density at radius 1 is 1.02 bits per heavy atom. The van der Waals surface area contributed by atoms with Crippen LogP contribution in [-0.4, -0.2) is 29.8 Å². The number of aromatic nitrogens is 2. The summed E-state index contributed by atoms with van der Waals surface area (Å²) in [5.41, 5.74) is 4.41. The predicted molar refractivity (Wildman–Crippen MR) is 147 cm³/mol. The third-order valence-corrected chi connectivity index (χ3v) is 8.01. The molecule has 2 heterocycles. The van der Waals surface area contributed by atoms with E-state index in [4.69, 9.17) is 18.7 Å². The van der Waals surface area contributed by atoms with Gasteiger partial charge in [-0.05, 0) is 84.3 Å². The van der Waals surface area contributed by atoms with Crippen molar-refractivity contribution in [2.24, 2.45) is 0 Å². The Hall–Kier alpha value is -4.34. The molecule has 0 saturated carbocycles. The highest BCUT2D eigenvalue weighted by Crippen LogP contribution is 2.48. The second-order valence-corrected chi connectivity index (χ2v) is 10.8. The molecule has 0 radical (unpaired) electrons. The van der Waals surface area contributed by atoms with Crippen molar-refractivity contribution >= 4 is 5.97 Å². The maximum absolute atomic E-state index is 14.4. The number of nitrogens with zero attached hydrogens (tertiary/aromatic N) is 2. The van der Waals surface area contributed by atoms with Gasteiger partial charge in [-0.15, -0.1) is 0 Å². The maximum Gasteiger partial charge on any atom is 0.417 e. The highest BCUT2D eigenvalue weighted by atomic mass is 19.4. The Bertz CT molecular complexity index is 1670. The number of aryl methyl sites for hydroxylation is 3. The van der Waals surface area contributed by atoms with Gasteiger partial charge < -0.3 is 18.7 Å². The minimum absolute atomic E-state index is 0.0981. The van der Waals surface area contributed by atoms with Crippen LogP contribution in [0, 0.1) is 20.8 Å². The van der Waals surface area contributed by atoms with Crippen molar-refractivity contribution in [1.82, 2.24) is 10.1 Å². The van der Waals surface area contributed by atoms with Crippen LogP contribution in [0.4, 0.5) is 13.2 Å². The molecule has 0 N–H and O–H groups in total. The quantitative estimate of drug-likeness (QED) is 0.220. The zero-order valence-electron chi connectivity index (χ0n) is 23.6. The topological polar surface area (TPSA) is 83.7 Å². The minimum Gasteiger partial charge on any atom is -0.492 e. The molecule has 218 valence electrons. The number of hydrogen-bond donors (Lipinski definition) is 0. The van der Waals surface area contributed by atoms with Crippen LogP contribution in [0.3, 0.4) is 0 Å². The molecule has 1 aromatic heterocycles. The molecule has 6 rings (SSSR count). The molecule has 0 spiro atoms. The van der Waals surface area contributed by atoms with Gasteiger partial charge >= 0.3 is 12.1 Å². The average molecular weight is 579 g/mol. The molecule has 2 atom stereocenters. The number of carbonyl (C=O) groups is 1. The molecule has 7 nitrogen and oxygen atoms in total. The summed E-state index contributed by atoms with van der Waals surface area (Å²) in [6, 6.07) is 11.8. The Balaban J connectivity index is 1.35. The Kier molecular flexibility index (Phi) is 6.95. The first-order valence-corrected chi connectivity index (χ1v) is 13.7. The molecule has 0 amide bonds. The van der Waals surface area contributed by atoms with Crippen molar-refractivity contribution < 1.29 is 36.7 Å². The van der Waals surface area contributed by atoms with Gasteiger partial charge in [0.15, 0.2) is 0 Å². The molecule has 4 aromatic rings. The zero-order chi connectivity index (χ0) is 29.8. The van der Waals surface area contributed by atoms with Gasteiger partial charge in [0.2, 0.25) is 11.7 Å². The molecule has 0 saturated heterocycles. The van der Waals surface area contributed by atoms with Crippen LogP contribution in [-0.2, 0) is 22.1 Å². The smallest absolute Gasteiger partial charge is 0.417 e. The predicted octanol–water partition coefficient (Wildman–Crippen LogP) is 7.45. The fourth-order valence-electron chi connectivity index (χ4n) is 6.16. The van der Waals surface area contributed by atoms with Crippen LogP contribution in [0.5, 0.6) is 11.5 Å². The number of fused-ring (bicyclic) bond motifs is 2. The summed E-state index contributed by atoms with van der Waals surface area (Å²) in [4.78, 5) is 16.0. The summed E-state index contributed by atoms with van der Waals surface area (Å²) < 4.78 is 65.3. The lowest BCUT2D eigenvalue weighted by atomic mass is 9.85. The molecular formula is C32H29F3N2O5. The number of halogens is 3. The number of esters is 1. The second-order valence-electron chi connectivity index (χ2n) is 10.8. The van der Waals surface area contributed by atoms with E-state index < -0.39 is 17.8 Å². The second kappa shape index (κ2) is 10.5. The SMILES string of the molecule is COC(=O)CC1COc2cc(O[C@@H]3CCc4c3ccc(C(F)(F)F)c4-c3c(C)cc(-c4noc(C)n4)cc3C)ccc21. The number of ether oxygens (including phenoxy) is 3. The largest absolute Gasteiger partial charge is 0.492 e. The fraction of sp³-hybridized carbons (Fsp3) is 0.344. The lowest BCUT2D eigenvalue weighted by Crippen LogP contribution is -2.11. The minimum atomic E-state index is -4.54. The van der Waals surface area contributed by atoms with Gasteiger partial charge in [0.25, 0.3) is 0 Å². The van der Waals surface area contributed by atoms with E-state index in [1.807, 2.05) is 12.1 Å². The molecule has 0 bridgehead atoms. The first-order chi connectivity index (χ1) is 20.0. The van der Waals surface area contributed by atoms with E-state index in [2.05, 4.69) is 10.1 Å². The lowest BCUT2D eigenvalue weighted by Gasteiger charge is -2.22.